The second kappa shape index (κ2) is 26.4. The van der Waals surface area contributed by atoms with Crippen LogP contribution in [0.4, 0.5) is 0 Å². The van der Waals surface area contributed by atoms with Crippen molar-refractivity contribution in [1.82, 2.24) is 0 Å². The fourth-order valence-corrected chi connectivity index (χ4v) is 1.12. The predicted molar refractivity (Wildman–Crippen MR) is 105 cm³/mol. The monoisotopic (exact) mass is 404 g/mol. The zero-order valence-corrected chi connectivity index (χ0v) is 17.2. The number of nitro groups is 2. The van der Waals surface area contributed by atoms with E-state index in [9.17, 15) is 29.3 Å². The van der Waals surface area contributed by atoms with Gasteiger partial charge in [-0.15, -0.1) is 0 Å². The standard InChI is InChI=1S/C6H11NO3.C6H10O2.C5H8O.CH3NO2/c1-2-6(8)4-3-5-7(9)10;1-2-6(8)4-3-5-7;1-3-5(6)4-2;1-2(3)4/h2-5H2,1H3;5H,2-4H2,1H3;3H,1,4H2,2H3;1H3. The van der Waals surface area contributed by atoms with E-state index in [2.05, 4.69) is 6.58 Å². The van der Waals surface area contributed by atoms with Gasteiger partial charge < -0.3 is 4.79 Å². The van der Waals surface area contributed by atoms with Gasteiger partial charge in [-0.25, -0.2) is 0 Å². The van der Waals surface area contributed by atoms with Gasteiger partial charge >= 0.3 is 0 Å². The number of aldehydes is 1. The zero-order chi connectivity index (χ0) is 23.0. The van der Waals surface area contributed by atoms with Gasteiger partial charge in [-0.1, -0.05) is 27.4 Å². The van der Waals surface area contributed by atoms with E-state index in [4.69, 9.17) is 10.1 Å². The highest BCUT2D eigenvalue weighted by molar-refractivity contribution is 5.88. The van der Waals surface area contributed by atoms with Crippen molar-refractivity contribution in [1.29, 1.82) is 0 Å². The van der Waals surface area contributed by atoms with Gasteiger partial charge in [0.15, 0.2) is 12.8 Å². The molecule has 0 saturated heterocycles. The van der Waals surface area contributed by atoms with Gasteiger partial charge in [-0.05, 0) is 6.08 Å². The minimum absolute atomic E-state index is 0.0915. The third-order valence-electron chi connectivity index (χ3n) is 2.70. The molecule has 0 atom stereocenters. The summed E-state index contributed by atoms with van der Waals surface area (Å²) >= 11 is 0. The topological polar surface area (TPSA) is 155 Å². The second-order valence-electron chi connectivity index (χ2n) is 5.11. The summed E-state index contributed by atoms with van der Waals surface area (Å²) in [5, 5.41) is 18.6. The molecular weight excluding hydrogens is 372 g/mol. The Bertz CT molecular complexity index is 486. The second-order valence-corrected chi connectivity index (χ2v) is 5.11. The molecule has 0 unspecified atom stereocenters. The summed E-state index contributed by atoms with van der Waals surface area (Å²) in [5.74, 6) is 0.369. The number of nitrogens with zero attached hydrogens (tertiary/aromatic N) is 2. The lowest BCUT2D eigenvalue weighted by molar-refractivity contribution is -0.480. The van der Waals surface area contributed by atoms with E-state index in [-0.39, 0.29) is 23.9 Å². The summed E-state index contributed by atoms with van der Waals surface area (Å²) in [6, 6.07) is 0. The molecule has 0 bridgehead atoms. The number of rotatable bonds is 11. The van der Waals surface area contributed by atoms with E-state index < -0.39 is 9.85 Å². The number of hydrogen-bond donors (Lipinski definition) is 0. The maximum absolute atomic E-state index is 10.6. The van der Waals surface area contributed by atoms with Gasteiger partial charge in [0.05, 0.1) is 0 Å². The molecule has 0 N–H and O–H groups in total. The highest BCUT2D eigenvalue weighted by Gasteiger charge is 2.01. The van der Waals surface area contributed by atoms with Crippen molar-refractivity contribution in [3.63, 3.8) is 0 Å². The van der Waals surface area contributed by atoms with Crippen molar-refractivity contribution >= 4 is 23.6 Å². The normalized spacial score (nSPS) is 8.29. The van der Waals surface area contributed by atoms with Crippen molar-refractivity contribution < 1.29 is 29.0 Å². The summed E-state index contributed by atoms with van der Waals surface area (Å²) < 4.78 is 0. The van der Waals surface area contributed by atoms with Gasteiger partial charge in [0, 0.05) is 54.8 Å². The van der Waals surface area contributed by atoms with Crippen LogP contribution in [-0.4, -0.2) is 47.1 Å². The molecule has 0 aromatic rings. The fourth-order valence-electron chi connectivity index (χ4n) is 1.12. The molecule has 0 saturated carbocycles. The average molecular weight is 404 g/mol. The van der Waals surface area contributed by atoms with Crippen molar-refractivity contribution in [2.45, 2.75) is 65.7 Å². The molecule has 0 aliphatic rings. The summed E-state index contributed by atoms with van der Waals surface area (Å²) in [5.41, 5.74) is 0. The molecule has 0 aliphatic heterocycles. The summed E-state index contributed by atoms with van der Waals surface area (Å²) in [4.78, 5) is 58.4. The molecule has 0 aliphatic carbocycles. The van der Waals surface area contributed by atoms with Gasteiger partial charge in [-0.3, -0.25) is 34.6 Å². The predicted octanol–water partition coefficient (Wildman–Crippen LogP) is 3.01. The maximum atomic E-state index is 10.6. The van der Waals surface area contributed by atoms with E-state index >= 15 is 0 Å². The van der Waals surface area contributed by atoms with Crippen LogP contribution in [0.1, 0.15) is 65.7 Å². The van der Waals surface area contributed by atoms with Crippen LogP contribution in [-0.2, 0) is 19.2 Å². The van der Waals surface area contributed by atoms with Crippen LogP contribution in [0.3, 0.4) is 0 Å². The van der Waals surface area contributed by atoms with Gasteiger partial charge in [-0.2, -0.15) is 0 Å². The maximum Gasteiger partial charge on any atom is 0.204 e. The number of carbonyl (C=O) groups is 4. The van der Waals surface area contributed by atoms with E-state index in [1.807, 2.05) is 6.92 Å². The van der Waals surface area contributed by atoms with Gasteiger partial charge in [0.1, 0.15) is 17.9 Å². The number of hydrogen-bond acceptors (Lipinski definition) is 8. The highest BCUT2D eigenvalue weighted by Crippen LogP contribution is 1.93. The first kappa shape index (κ1) is 32.9. The van der Waals surface area contributed by atoms with E-state index in [0.717, 1.165) is 13.3 Å². The lowest BCUT2D eigenvalue weighted by Crippen LogP contribution is -2.03. The van der Waals surface area contributed by atoms with Crippen molar-refractivity contribution in [2.24, 2.45) is 0 Å². The van der Waals surface area contributed by atoms with Gasteiger partial charge in [0.25, 0.3) is 0 Å². The Morgan fingerprint density at radius 1 is 0.929 bits per heavy atom. The Labute approximate surface area is 165 Å². The number of ketones is 3. The lowest BCUT2D eigenvalue weighted by Gasteiger charge is -1.91. The Kier molecular flexibility index (Phi) is 31.0. The van der Waals surface area contributed by atoms with Crippen LogP contribution < -0.4 is 0 Å². The van der Waals surface area contributed by atoms with Crippen LogP contribution in [0.5, 0.6) is 0 Å². The Morgan fingerprint density at radius 2 is 1.36 bits per heavy atom. The lowest BCUT2D eigenvalue weighted by atomic mass is 10.2. The van der Waals surface area contributed by atoms with Crippen LogP contribution in [0.15, 0.2) is 12.7 Å². The molecule has 0 fully saturated rings. The largest absolute Gasteiger partial charge is 0.303 e. The Hall–Kier alpha value is -2.78. The first-order valence-electron chi connectivity index (χ1n) is 8.84. The number of allylic oxidation sites excluding steroid dienone is 1. The van der Waals surface area contributed by atoms with Crippen molar-refractivity contribution in [3.05, 3.63) is 32.9 Å². The van der Waals surface area contributed by atoms with Crippen molar-refractivity contribution in [2.75, 3.05) is 13.6 Å². The molecule has 10 nitrogen and oxygen atoms in total. The van der Waals surface area contributed by atoms with Crippen molar-refractivity contribution in [3.8, 4) is 0 Å². The van der Waals surface area contributed by atoms with E-state index in [1.54, 1.807) is 13.8 Å². The van der Waals surface area contributed by atoms with Crippen LogP contribution in [0.25, 0.3) is 0 Å². The molecule has 0 radical (unpaired) electrons. The molecule has 0 heterocycles. The third kappa shape index (κ3) is 49.5. The van der Waals surface area contributed by atoms with Gasteiger partial charge in [0.2, 0.25) is 6.54 Å². The van der Waals surface area contributed by atoms with E-state index in [0.29, 0.717) is 44.9 Å². The molecule has 162 valence electrons. The summed E-state index contributed by atoms with van der Waals surface area (Å²) in [6.07, 6.45) is 5.23. The quantitative estimate of drug-likeness (QED) is 0.220. The molecule has 0 amide bonds. The minimum Gasteiger partial charge on any atom is -0.303 e. The summed E-state index contributed by atoms with van der Waals surface area (Å²) in [7, 11) is 0.889. The van der Waals surface area contributed by atoms with Crippen LogP contribution in [0.2, 0.25) is 0 Å². The first-order chi connectivity index (χ1) is 13.0. The molecule has 0 spiro atoms. The molecule has 10 heteroatoms. The third-order valence-corrected chi connectivity index (χ3v) is 2.70. The molecule has 28 heavy (non-hydrogen) atoms. The highest BCUT2D eigenvalue weighted by atomic mass is 16.6. The van der Waals surface area contributed by atoms with E-state index in [1.165, 1.54) is 6.08 Å². The Balaban J connectivity index is -0.000000144. The summed E-state index contributed by atoms with van der Waals surface area (Å²) in [6.45, 7) is 8.56. The van der Waals surface area contributed by atoms with Crippen LogP contribution in [0, 0.1) is 20.2 Å². The molecule has 0 aromatic heterocycles. The average Bonchev–Trinajstić information content (AvgIpc) is 2.65. The number of carbonyl (C=O) groups excluding carboxylic acids is 4. The first-order valence-corrected chi connectivity index (χ1v) is 8.84. The fraction of sp³-hybridized carbons (Fsp3) is 0.667. The van der Waals surface area contributed by atoms with Crippen LogP contribution >= 0.6 is 0 Å². The molecule has 0 rings (SSSR count). The molecule has 0 aromatic carbocycles. The Morgan fingerprint density at radius 3 is 1.61 bits per heavy atom. The molecular formula is C18H32N2O8. The smallest absolute Gasteiger partial charge is 0.204 e. The minimum atomic E-state index is -0.500. The number of Topliss-reactive ketones (excluding diaryl/α,β-unsaturated/α-hetero) is 2. The zero-order valence-electron chi connectivity index (χ0n) is 17.2. The SMILES string of the molecule is C=CC(=O)CC.CCC(=O)CCC=O.CCC(=O)CCC[N+](=O)[O-].C[N+](=O)[O-].